The van der Waals surface area contributed by atoms with Gasteiger partial charge in [0.2, 0.25) is 0 Å². The van der Waals surface area contributed by atoms with Crippen LogP contribution in [-0.2, 0) is 17.1 Å². The van der Waals surface area contributed by atoms with Crippen LogP contribution in [0.4, 0.5) is 0 Å². The number of aromatic nitrogens is 2. The molecule has 0 saturated carbocycles. The van der Waals surface area contributed by atoms with Gasteiger partial charge in [-0.3, -0.25) is 4.90 Å². The summed E-state index contributed by atoms with van der Waals surface area (Å²) >= 11 is 5.67. The van der Waals surface area contributed by atoms with E-state index in [2.05, 4.69) is 9.88 Å². The Kier molecular flexibility index (Phi) is 4.26. The number of imidazole rings is 1. The molecule has 2 heterocycles. The normalized spacial score (nSPS) is 19.2. The Labute approximate surface area is 112 Å². The van der Waals surface area contributed by atoms with E-state index in [1.54, 1.807) is 11.6 Å². The average molecular weight is 293 g/mol. The molecule has 0 spiro atoms. The quantitative estimate of drug-likeness (QED) is 0.731. The number of rotatable bonds is 4. The van der Waals surface area contributed by atoms with Crippen molar-refractivity contribution >= 4 is 21.6 Å². The third kappa shape index (κ3) is 2.85. The molecule has 0 N–H and O–H groups in total. The van der Waals surface area contributed by atoms with Crippen molar-refractivity contribution in [2.24, 2.45) is 7.05 Å². The van der Waals surface area contributed by atoms with Gasteiger partial charge in [0.05, 0.1) is 6.33 Å². The van der Waals surface area contributed by atoms with Gasteiger partial charge >= 0.3 is 0 Å². The standard InChI is InChI=1S/C10H17ClN4O2S/c1-13-8-10(12-9-13)18(16,17)15-6-4-14(3-2-11)5-7-15/h8-9H,2-7H2,1H3. The fourth-order valence-electron chi connectivity index (χ4n) is 1.97. The number of aryl methyl sites for hydroxylation is 1. The Morgan fingerprint density at radius 3 is 2.50 bits per heavy atom. The molecule has 0 atom stereocenters. The first kappa shape index (κ1) is 13.8. The third-order valence-electron chi connectivity index (χ3n) is 3.02. The summed E-state index contributed by atoms with van der Waals surface area (Å²) in [7, 11) is -1.68. The van der Waals surface area contributed by atoms with Crippen molar-refractivity contribution in [2.75, 3.05) is 38.6 Å². The van der Waals surface area contributed by atoms with Crippen molar-refractivity contribution in [1.29, 1.82) is 0 Å². The van der Waals surface area contributed by atoms with Gasteiger partial charge in [0.1, 0.15) is 0 Å². The number of hydrogen-bond donors (Lipinski definition) is 0. The van der Waals surface area contributed by atoms with E-state index in [4.69, 9.17) is 11.6 Å². The zero-order valence-electron chi connectivity index (χ0n) is 10.3. The fraction of sp³-hybridized carbons (Fsp3) is 0.700. The van der Waals surface area contributed by atoms with Crippen LogP contribution in [0.3, 0.4) is 0 Å². The van der Waals surface area contributed by atoms with Crippen LogP contribution in [0, 0.1) is 0 Å². The van der Waals surface area contributed by atoms with Gasteiger partial charge in [-0.05, 0) is 0 Å². The van der Waals surface area contributed by atoms with Gasteiger partial charge in [0.25, 0.3) is 10.0 Å². The van der Waals surface area contributed by atoms with Crippen LogP contribution in [-0.4, -0.2) is 65.8 Å². The summed E-state index contributed by atoms with van der Waals surface area (Å²) in [5, 5.41) is 0.121. The fourth-order valence-corrected chi connectivity index (χ4v) is 3.59. The Morgan fingerprint density at radius 2 is 2.00 bits per heavy atom. The minimum Gasteiger partial charge on any atom is -0.339 e. The second-order valence-electron chi connectivity index (χ2n) is 4.31. The summed E-state index contributed by atoms with van der Waals surface area (Å²) in [6.45, 7) is 3.24. The first-order valence-corrected chi connectivity index (χ1v) is 7.78. The molecule has 6 nitrogen and oxygen atoms in total. The number of piperazine rings is 1. The predicted octanol–water partition coefficient (Wildman–Crippen LogP) is -0.0348. The monoisotopic (exact) mass is 292 g/mol. The summed E-state index contributed by atoms with van der Waals surface area (Å²) in [4.78, 5) is 6.08. The molecule has 0 amide bonds. The Hall–Kier alpha value is -0.630. The molecular formula is C10H17ClN4O2S. The second kappa shape index (κ2) is 5.56. The number of halogens is 1. The number of sulfonamides is 1. The molecule has 1 aromatic heterocycles. The zero-order chi connectivity index (χ0) is 13.2. The van der Waals surface area contributed by atoms with Gasteiger partial charge in [-0.25, -0.2) is 13.4 Å². The van der Waals surface area contributed by atoms with Gasteiger partial charge in [0, 0.05) is 51.8 Å². The van der Waals surface area contributed by atoms with E-state index in [0.717, 1.165) is 19.6 Å². The van der Waals surface area contributed by atoms with Crippen molar-refractivity contribution in [3.63, 3.8) is 0 Å². The van der Waals surface area contributed by atoms with E-state index in [-0.39, 0.29) is 5.03 Å². The molecule has 0 bridgehead atoms. The van der Waals surface area contributed by atoms with E-state index in [0.29, 0.717) is 19.0 Å². The molecule has 1 aliphatic rings. The molecular weight excluding hydrogens is 276 g/mol. The molecule has 8 heteroatoms. The lowest BCUT2D eigenvalue weighted by molar-refractivity contribution is 0.197. The van der Waals surface area contributed by atoms with Crippen molar-refractivity contribution in [2.45, 2.75) is 5.03 Å². The molecule has 2 rings (SSSR count). The summed E-state index contributed by atoms with van der Waals surface area (Å²) in [5.41, 5.74) is 0. The first-order valence-electron chi connectivity index (χ1n) is 5.80. The maximum Gasteiger partial charge on any atom is 0.262 e. The zero-order valence-corrected chi connectivity index (χ0v) is 11.9. The Morgan fingerprint density at radius 1 is 1.33 bits per heavy atom. The van der Waals surface area contributed by atoms with E-state index >= 15 is 0 Å². The van der Waals surface area contributed by atoms with Crippen LogP contribution in [0.1, 0.15) is 0 Å². The maximum absolute atomic E-state index is 12.3. The van der Waals surface area contributed by atoms with Crippen LogP contribution < -0.4 is 0 Å². The molecule has 1 aromatic rings. The van der Waals surface area contributed by atoms with Gasteiger partial charge < -0.3 is 4.57 Å². The van der Waals surface area contributed by atoms with Gasteiger partial charge in [-0.15, -0.1) is 11.6 Å². The van der Waals surface area contributed by atoms with E-state index in [1.165, 1.54) is 16.8 Å². The topological polar surface area (TPSA) is 58.4 Å². The second-order valence-corrected chi connectivity index (χ2v) is 6.57. The van der Waals surface area contributed by atoms with Crippen molar-refractivity contribution in [3.05, 3.63) is 12.5 Å². The van der Waals surface area contributed by atoms with Crippen LogP contribution in [0.2, 0.25) is 0 Å². The molecule has 1 fully saturated rings. The molecule has 0 aliphatic carbocycles. The van der Waals surface area contributed by atoms with Crippen molar-refractivity contribution in [3.8, 4) is 0 Å². The highest BCUT2D eigenvalue weighted by molar-refractivity contribution is 7.89. The van der Waals surface area contributed by atoms with Crippen LogP contribution in [0.15, 0.2) is 17.6 Å². The average Bonchev–Trinajstić information content (AvgIpc) is 2.78. The smallest absolute Gasteiger partial charge is 0.262 e. The molecule has 0 aromatic carbocycles. The molecule has 1 saturated heterocycles. The first-order chi connectivity index (χ1) is 8.54. The predicted molar refractivity (Wildman–Crippen MR) is 69.1 cm³/mol. The van der Waals surface area contributed by atoms with E-state index < -0.39 is 10.0 Å². The SMILES string of the molecule is Cn1cnc(S(=O)(=O)N2CCN(CCCl)CC2)c1. The lowest BCUT2D eigenvalue weighted by atomic mass is 10.4. The molecule has 0 radical (unpaired) electrons. The number of alkyl halides is 1. The highest BCUT2D eigenvalue weighted by atomic mass is 35.5. The lowest BCUT2D eigenvalue weighted by Crippen LogP contribution is -2.49. The van der Waals surface area contributed by atoms with E-state index in [9.17, 15) is 8.42 Å². The Balaban J connectivity index is 2.05. The summed E-state index contributed by atoms with van der Waals surface area (Å²) in [6, 6.07) is 0. The Bertz CT molecular complexity index is 494. The van der Waals surface area contributed by atoms with Crippen LogP contribution in [0.5, 0.6) is 0 Å². The number of hydrogen-bond acceptors (Lipinski definition) is 4. The number of nitrogens with zero attached hydrogens (tertiary/aromatic N) is 4. The molecule has 1 aliphatic heterocycles. The lowest BCUT2D eigenvalue weighted by Gasteiger charge is -2.33. The van der Waals surface area contributed by atoms with Crippen molar-refractivity contribution < 1.29 is 8.42 Å². The summed E-state index contributed by atoms with van der Waals surface area (Å²) in [5.74, 6) is 0.576. The van der Waals surface area contributed by atoms with E-state index in [1.807, 2.05) is 0 Å². The van der Waals surface area contributed by atoms with Gasteiger partial charge in [-0.2, -0.15) is 4.31 Å². The largest absolute Gasteiger partial charge is 0.339 e. The van der Waals surface area contributed by atoms with Crippen LogP contribution in [0.25, 0.3) is 0 Å². The summed E-state index contributed by atoms with van der Waals surface area (Å²) < 4.78 is 27.7. The van der Waals surface area contributed by atoms with Gasteiger partial charge in [-0.1, -0.05) is 0 Å². The van der Waals surface area contributed by atoms with Gasteiger partial charge in [0.15, 0.2) is 5.03 Å². The highest BCUT2D eigenvalue weighted by Crippen LogP contribution is 2.15. The molecule has 0 unspecified atom stereocenters. The summed E-state index contributed by atoms with van der Waals surface area (Å²) in [6.07, 6.45) is 3.02. The third-order valence-corrected chi connectivity index (χ3v) is 4.97. The van der Waals surface area contributed by atoms with Crippen LogP contribution >= 0.6 is 11.6 Å². The highest BCUT2D eigenvalue weighted by Gasteiger charge is 2.29. The van der Waals surface area contributed by atoms with Crippen molar-refractivity contribution in [1.82, 2.24) is 18.8 Å². The molecule has 102 valence electrons. The minimum absolute atomic E-state index is 0.121. The maximum atomic E-state index is 12.3. The minimum atomic E-state index is -3.44. The molecule has 18 heavy (non-hydrogen) atoms.